The highest BCUT2D eigenvalue weighted by Gasteiger charge is 2.16. The molecule has 1 fully saturated rings. The van der Waals surface area contributed by atoms with Crippen LogP contribution in [0.5, 0.6) is 5.75 Å². The van der Waals surface area contributed by atoms with Gasteiger partial charge in [0, 0.05) is 37.9 Å². The monoisotopic (exact) mass is 248 g/mol. The lowest BCUT2D eigenvalue weighted by Crippen LogP contribution is -2.46. The van der Waals surface area contributed by atoms with Crippen LogP contribution < -0.4 is 9.64 Å². The van der Waals surface area contributed by atoms with Crippen molar-refractivity contribution in [3.8, 4) is 5.75 Å². The second-order valence-corrected chi connectivity index (χ2v) is 4.76. The number of piperazine rings is 1. The molecule has 0 unspecified atom stereocenters. The first-order chi connectivity index (χ1) is 8.83. The van der Waals surface area contributed by atoms with E-state index in [9.17, 15) is 0 Å². The molecular weight excluding hydrogens is 224 g/mol. The van der Waals surface area contributed by atoms with E-state index < -0.39 is 0 Å². The molecule has 0 radical (unpaired) electrons. The van der Waals surface area contributed by atoms with Crippen LogP contribution in [0.25, 0.3) is 0 Å². The summed E-state index contributed by atoms with van der Waals surface area (Å²) in [6.45, 7) is 10.8. The van der Waals surface area contributed by atoms with Crippen LogP contribution in [-0.2, 0) is 0 Å². The Kier molecular flexibility index (Phi) is 4.88. The van der Waals surface area contributed by atoms with Gasteiger partial charge in [-0.15, -0.1) is 0 Å². The van der Waals surface area contributed by atoms with Crippen molar-refractivity contribution in [2.24, 2.45) is 0 Å². The zero-order valence-corrected chi connectivity index (χ0v) is 11.6. The van der Waals surface area contributed by atoms with Gasteiger partial charge in [-0.1, -0.05) is 13.0 Å². The minimum atomic E-state index is 0.730. The van der Waals surface area contributed by atoms with E-state index in [0.717, 1.165) is 25.4 Å². The molecule has 1 aromatic rings. The zero-order valence-electron chi connectivity index (χ0n) is 11.6. The molecule has 1 aromatic carbocycles. The molecule has 0 atom stereocenters. The van der Waals surface area contributed by atoms with Crippen LogP contribution in [-0.4, -0.2) is 44.2 Å². The van der Waals surface area contributed by atoms with Gasteiger partial charge in [0.05, 0.1) is 6.61 Å². The summed E-state index contributed by atoms with van der Waals surface area (Å²) in [5.41, 5.74) is 1.29. The van der Waals surface area contributed by atoms with Gasteiger partial charge in [0.2, 0.25) is 0 Å². The molecule has 3 nitrogen and oxygen atoms in total. The van der Waals surface area contributed by atoms with Gasteiger partial charge in [-0.3, -0.25) is 4.90 Å². The molecule has 0 bridgehead atoms. The van der Waals surface area contributed by atoms with E-state index in [-0.39, 0.29) is 0 Å². The number of ether oxygens (including phenoxy) is 1. The zero-order chi connectivity index (χ0) is 12.8. The summed E-state index contributed by atoms with van der Waals surface area (Å²) in [6, 6.07) is 8.44. The minimum Gasteiger partial charge on any atom is -0.494 e. The topological polar surface area (TPSA) is 15.7 Å². The van der Waals surface area contributed by atoms with E-state index in [1.54, 1.807) is 0 Å². The molecule has 0 aromatic heterocycles. The van der Waals surface area contributed by atoms with E-state index in [4.69, 9.17) is 4.74 Å². The number of benzene rings is 1. The van der Waals surface area contributed by atoms with Gasteiger partial charge in [0.25, 0.3) is 0 Å². The molecule has 0 aliphatic carbocycles. The molecule has 1 heterocycles. The van der Waals surface area contributed by atoms with Gasteiger partial charge in [-0.2, -0.15) is 0 Å². The van der Waals surface area contributed by atoms with E-state index in [1.165, 1.54) is 31.7 Å². The summed E-state index contributed by atoms with van der Waals surface area (Å²) in [4.78, 5) is 5.00. The van der Waals surface area contributed by atoms with Crippen LogP contribution in [0, 0.1) is 0 Å². The van der Waals surface area contributed by atoms with Crippen molar-refractivity contribution < 1.29 is 4.74 Å². The van der Waals surface area contributed by atoms with E-state index in [0.29, 0.717) is 0 Å². The molecule has 100 valence electrons. The first kappa shape index (κ1) is 13.2. The SMILES string of the molecule is CCCN1CCN(c2cccc(OCC)c2)CC1. The summed E-state index contributed by atoms with van der Waals surface area (Å²) in [5.74, 6) is 0.978. The first-order valence-corrected chi connectivity index (χ1v) is 7.03. The fourth-order valence-electron chi connectivity index (χ4n) is 2.48. The number of rotatable bonds is 5. The number of anilines is 1. The van der Waals surface area contributed by atoms with Crippen LogP contribution in [0.15, 0.2) is 24.3 Å². The van der Waals surface area contributed by atoms with Crippen molar-refractivity contribution in [2.75, 3.05) is 44.2 Å². The predicted octanol–water partition coefficient (Wildman–Crippen LogP) is 2.62. The summed E-state index contributed by atoms with van der Waals surface area (Å²) in [6.07, 6.45) is 1.25. The lowest BCUT2D eigenvalue weighted by atomic mass is 10.2. The third-order valence-electron chi connectivity index (χ3n) is 3.41. The summed E-state index contributed by atoms with van der Waals surface area (Å²) in [7, 11) is 0. The third kappa shape index (κ3) is 3.39. The Balaban J connectivity index is 1.94. The smallest absolute Gasteiger partial charge is 0.121 e. The van der Waals surface area contributed by atoms with Crippen molar-refractivity contribution in [1.29, 1.82) is 0 Å². The van der Waals surface area contributed by atoms with Crippen molar-refractivity contribution in [3.63, 3.8) is 0 Å². The molecule has 0 saturated carbocycles. The molecular formula is C15H24N2O. The maximum absolute atomic E-state index is 5.56. The Hall–Kier alpha value is -1.22. The summed E-state index contributed by atoms with van der Waals surface area (Å²) < 4.78 is 5.56. The third-order valence-corrected chi connectivity index (χ3v) is 3.41. The molecule has 1 saturated heterocycles. The Morgan fingerprint density at radius 3 is 2.56 bits per heavy atom. The highest BCUT2D eigenvalue weighted by molar-refractivity contribution is 5.51. The molecule has 18 heavy (non-hydrogen) atoms. The van der Waals surface area contributed by atoms with Gasteiger partial charge in [-0.25, -0.2) is 0 Å². The van der Waals surface area contributed by atoms with Crippen LogP contribution in [0.4, 0.5) is 5.69 Å². The Bertz CT molecular complexity index is 359. The standard InChI is InChI=1S/C15H24N2O/c1-3-8-16-9-11-17(12-10-16)14-6-5-7-15(13-14)18-4-2/h5-7,13H,3-4,8-12H2,1-2H3. The van der Waals surface area contributed by atoms with Gasteiger partial charge >= 0.3 is 0 Å². The van der Waals surface area contributed by atoms with Crippen molar-refractivity contribution in [1.82, 2.24) is 4.90 Å². The lowest BCUT2D eigenvalue weighted by Gasteiger charge is -2.36. The van der Waals surface area contributed by atoms with Crippen molar-refractivity contribution in [2.45, 2.75) is 20.3 Å². The largest absolute Gasteiger partial charge is 0.494 e. The van der Waals surface area contributed by atoms with Gasteiger partial charge < -0.3 is 9.64 Å². The van der Waals surface area contributed by atoms with E-state index in [2.05, 4.69) is 34.9 Å². The number of nitrogens with zero attached hydrogens (tertiary/aromatic N) is 2. The van der Waals surface area contributed by atoms with Gasteiger partial charge in [0.15, 0.2) is 0 Å². The normalized spacial score (nSPS) is 16.9. The molecule has 0 N–H and O–H groups in total. The average molecular weight is 248 g/mol. The van der Waals surface area contributed by atoms with Crippen molar-refractivity contribution >= 4 is 5.69 Å². The fourth-order valence-corrected chi connectivity index (χ4v) is 2.48. The summed E-state index contributed by atoms with van der Waals surface area (Å²) >= 11 is 0. The molecule has 3 heteroatoms. The fraction of sp³-hybridized carbons (Fsp3) is 0.600. The molecule has 2 rings (SSSR count). The van der Waals surface area contributed by atoms with Gasteiger partial charge in [-0.05, 0) is 32.0 Å². The van der Waals surface area contributed by atoms with E-state index >= 15 is 0 Å². The highest BCUT2D eigenvalue weighted by atomic mass is 16.5. The second kappa shape index (κ2) is 6.64. The van der Waals surface area contributed by atoms with Crippen LogP contribution in [0.3, 0.4) is 0 Å². The Morgan fingerprint density at radius 2 is 1.89 bits per heavy atom. The molecule has 1 aliphatic rings. The van der Waals surface area contributed by atoms with Crippen LogP contribution in [0.2, 0.25) is 0 Å². The van der Waals surface area contributed by atoms with Crippen LogP contribution in [0.1, 0.15) is 20.3 Å². The average Bonchev–Trinajstić information content (AvgIpc) is 2.41. The Labute approximate surface area is 110 Å². The maximum atomic E-state index is 5.56. The second-order valence-electron chi connectivity index (χ2n) is 4.76. The first-order valence-electron chi connectivity index (χ1n) is 7.03. The molecule has 1 aliphatic heterocycles. The number of hydrogen-bond donors (Lipinski definition) is 0. The summed E-state index contributed by atoms with van der Waals surface area (Å²) in [5, 5.41) is 0. The lowest BCUT2D eigenvalue weighted by molar-refractivity contribution is 0.258. The predicted molar refractivity (Wildman–Crippen MR) is 76.6 cm³/mol. The molecule has 0 spiro atoms. The van der Waals surface area contributed by atoms with Crippen molar-refractivity contribution in [3.05, 3.63) is 24.3 Å². The van der Waals surface area contributed by atoms with Gasteiger partial charge in [0.1, 0.15) is 5.75 Å². The molecule has 0 amide bonds. The maximum Gasteiger partial charge on any atom is 0.121 e. The van der Waals surface area contributed by atoms with Crippen LogP contribution >= 0.6 is 0 Å². The quantitative estimate of drug-likeness (QED) is 0.796. The minimum absolute atomic E-state index is 0.730. The van der Waals surface area contributed by atoms with E-state index in [1.807, 2.05) is 13.0 Å². The number of hydrogen-bond acceptors (Lipinski definition) is 3. The Morgan fingerprint density at radius 1 is 1.11 bits per heavy atom. The highest BCUT2D eigenvalue weighted by Crippen LogP contribution is 2.22.